The minimum absolute atomic E-state index is 0.318. The van der Waals surface area contributed by atoms with Gasteiger partial charge in [-0.05, 0) is 52.7 Å². The number of hydrogen-bond acceptors (Lipinski definition) is 3. The van der Waals surface area contributed by atoms with E-state index in [-0.39, 0.29) is 0 Å². The third-order valence-corrected chi connectivity index (χ3v) is 5.94. The van der Waals surface area contributed by atoms with Crippen LogP contribution in [0, 0.1) is 0 Å². The molecule has 2 aromatic rings. The second kappa shape index (κ2) is 8.21. The number of nitrogens with one attached hydrogen (secondary N) is 1. The molecule has 0 bridgehead atoms. The zero-order valence-corrected chi connectivity index (χ0v) is 16.9. The van der Waals surface area contributed by atoms with Gasteiger partial charge in [0.25, 0.3) is 0 Å². The minimum Gasteiger partial charge on any atom is -0.324 e. The van der Waals surface area contributed by atoms with E-state index in [1.807, 2.05) is 0 Å². The zero-order chi connectivity index (χ0) is 18.6. The van der Waals surface area contributed by atoms with Gasteiger partial charge < -0.3 is 5.32 Å². The van der Waals surface area contributed by atoms with E-state index in [2.05, 4.69) is 21.2 Å². The van der Waals surface area contributed by atoms with Gasteiger partial charge in [0.2, 0.25) is 15.9 Å². The lowest BCUT2D eigenvalue weighted by Crippen LogP contribution is -2.46. The molecule has 1 amide bonds. The highest BCUT2D eigenvalue weighted by atomic mass is 79.9. The highest BCUT2D eigenvalue weighted by Crippen LogP contribution is 2.27. The highest BCUT2D eigenvalue weighted by Gasteiger charge is 2.31. The SMILES string of the molecule is CC[C@H](C(=O)Nc1ccc(Br)c(Cl)c1)N(c1ccccc1)S(C)(=O)=O. The van der Waals surface area contributed by atoms with Crippen molar-refractivity contribution in [2.45, 2.75) is 19.4 Å². The van der Waals surface area contributed by atoms with Gasteiger partial charge in [0.05, 0.1) is 17.0 Å². The molecule has 1 atom stereocenters. The molecule has 5 nitrogen and oxygen atoms in total. The van der Waals surface area contributed by atoms with Crippen LogP contribution in [-0.2, 0) is 14.8 Å². The summed E-state index contributed by atoms with van der Waals surface area (Å²) in [5, 5.41) is 3.19. The van der Waals surface area contributed by atoms with Crippen LogP contribution in [-0.4, -0.2) is 26.6 Å². The van der Waals surface area contributed by atoms with Gasteiger partial charge in [-0.3, -0.25) is 9.10 Å². The minimum atomic E-state index is -3.64. The monoisotopic (exact) mass is 444 g/mol. The Morgan fingerprint density at radius 3 is 2.40 bits per heavy atom. The van der Waals surface area contributed by atoms with E-state index < -0.39 is 22.0 Å². The van der Waals surface area contributed by atoms with Crippen molar-refractivity contribution in [3.05, 3.63) is 58.0 Å². The number of halogens is 2. The first-order valence-corrected chi connectivity index (χ1v) is 10.6. The topological polar surface area (TPSA) is 66.5 Å². The van der Waals surface area contributed by atoms with Crippen molar-refractivity contribution in [3.63, 3.8) is 0 Å². The van der Waals surface area contributed by atoms with Crippen LogP contribution in [0.25, 0.3) is 0 Å². The number of anilines is 2. The summed E-state index contributed by atoms with van der Waals surface area (Å²) >= 11 is 9.32. The number of para-hydroxylation sites is 1. The van der Waals surface area contributed by atoms with E-state index in [0.29, 0.717) is 27.3 Å². The maximum absolute atomic E-state index is 12.7. The van der Waals surface area contributed by atoms with E-state index in [9.17, 15) is 13.2 Å². The summed E-state index contributed by atoms with van der Waals surface area (Å²) in [6.07, 6.45) is 1.41. The lowest BCUT2D eigenvalue weighted by Gasteiger charge is -2.30. The van der Waals surface area contributed by atoms with E-state index in [1.165, 1.54) is 0 Å². The highest BCUT2D eigenvalue weighted by molar-refractivity contribution is 9.10. The molecule has 2 rings (SSSR count). The number of sulfonamides is 1. The average Bonchev–Trinajstić information content (AvgIpc) is 2.55. The quantitative estimate of drug-likeness (QED) is 0.721. The largest absolute Gasteiger partial charge is 0.324 e. The molecule has 25 heavy (non-hydrogen) atoms. The molecule has 0 saturated carbocycles. The number of amides is 1. The molecule has 0 unspecified atom stereocenters. The summed E-state index contributed by atoms with van der Waals surface area (Å²) in [7, 11) is -3.64. The number of benzene rings is 2. The van der Waals surface area contributed by atoms with E-state index >= 15 is 0 Å². The van der Waals surface area contributed by atoms with Crippen molar-refractivity contribution in [1.82, 2.24) is 0 Å². The lowest BCUT2D eigenvalue weighted by molar-refractivity contribution is -0.117. The first-order chi connectivity index (χ1) is 11.7. The van der Waals surface area contributed by atoms with Crippen LogP contribution in [0.1, 0.15) is 13.3 Å². The Morgan fingerprint density at radius 1 is 1.24 bits per heavy atom. The smallest absolute Gasteiger partial charge is 0.248 e. The molecular weight excluding hydrogens is 428 g/mol. The number of hydrogen-bond donors (Lipinski definition) is 1. The molecule has 0 heterocycles. The fraction of sp³-hybridized carbons (Fsp3) is 0.235. The predicted octanol–water partition coefficient (Wildman–Crippen LogP) is 4.29. The van der Waals surface area contributed by atoms with Crippen molar-refractivity contribution in [2.75, 3.05) is 15.9 Å². The number of rotatable bonds is 6. The molecule has 0 radical (unpaired) electrons. The molecule has 1 N–H and O–H groups in total. The molecule has 0 saturated heterocycles. The number of carbonyl (C=O) groups excluding carboxylic acids is 1. The predicted molar refractivity (Wildman–Crippen MR) is 106 cm³/mol. The molecule has 2 aromatic carbocycles. The van der Waals surface area contributed by atoms with Crippen molar-refractivity contribution >= 4 is 54.8 Å². The number of carbonyl (C=O) groups is 1. The molecule has 0 aromatic heterocycles. The summed E-state index contributed by atoms with van der Waals surface area (Å²) in [5.74, 6) is -0.421. The van der Waals surface area contributed by atoms with Crippen molar-refractivity contribution < 1.29 is 13.2 Å². The third-order valence-electron chi connectivity index (χ3n) is 3.53. The van der Waals surface area contributed by atoms with Gasteiger partial charge in [0, 0.05) is 10.2 Å². The van der Waals surface area contributed by atoms with Crippen LogP contribution in [0.3, 0.4) is 0 Å². The van der Waals surface area contributed by atoms with Gasteiger partial charge in [0.1, 0.15) is 6.04 Å². The van der Waals surface area contributed by atoms with Gasteiger partial charge in [-0.15, -0.1) is 0 Å². The van der Waals surface area contributed by atoms with Crippen molar-refractivity contribution in [2.24, 2.45) is 0 Å². The molecular formula is C17H18BrClN2O3S. The molecule has 0 fully saturated rings. The Bertz CT molecular complexity index is 859. The Kier molecular flexibility index (Phi) is 6.48. The fourth-order valence-corrected chi connectivity index (χ4v) is 4.07. The zero-order valence-electron chi connectivity index (χ0n) is 13.7. The normalized spacial score (nSPS) is 12.5. The van der Waals surface area contributed by atoms with Gasteiger partial charge in [-0.1, -0.05) is 36.7 Å². The van der Waals surface area contributed by atoms with Crippen LogP contribution in [0.5, 0.6) is 0 Å². The van der Waals surface area contributed by atoms with E-state index in [1.54, 1.807) is 55.5 Å². The molecule has 0 aliphatic carbocycles. The Morgan fingerprint density at radius 2 is 1.88 bits per heavy atom. The van der Waals surface area contributed by atoms with Gasteiger partial charge in [0.15, 0.2) is 0 Å². The fourth-order valence-electron chi connectivity index (χ4n) is 2.43. The first kappa shape index (κ1) is 19.8. The second-order valence-corrected chi connectivity index (χ2v) is 8.56. The molecule has 8 heteroatoms. The maximum atomic E-state index is 12.7. The Labute approximate surface area is 161 Å². The summed E-state index contributed by atoms with van der Waals surface area (Å²) in [5.41, 5.74) is 0.944. The Hall–Kier alpha value is -1.57. The van der Waals surface area contributed by atoms with Crippen molar-refractivity contribution in [3.8, 4) is 0 Å². The van der Waals surface area contributed by atoms with Crippen molar-refractivity contribution in [1.29, 1.82) is 0 Å². The Balaban J connectivity index is 2.34. The number of nitrogens with zero attached hydrogens (tertiary/aromatic N) is 1. The summed E-state index contributed by atoms with van der Waals surface area (Å²) in [4.78, 5) is 12.7. The van der Waals surface area contributed by atoms with Crippen LogP contribution in [0.4, 0.5) is 11.4 Å². The maximum Gasteiger partial charge on any atom is 0.248 e. The van der Waals surface area contributed by atoms with Crippen LogP contribution >= 0.6 is 27.5 Å². The second-order valence-electron chi connectivity index (χ2n) is 5.44. The molecule has 0 aliphatic heterocycles. The van der Waals surface area contributed by atoms with Gasteiger partial charge in [-0.2, -0.15) is 0 Å². The summed E-state index contributed by atoms with van der Waals surface area (Å²) in [6.45, 7) is 1.76. The van der Waals surface area contributed by atoms with Crippen LogP contribution in [0.15, 0.2) is 53.0 Å². The summed E-state index contributed by atoms with van der Waals surface area (Å²) < 4.78 is 26.5. The standard InChI is InChI=1S/C17H18BrClN2O3S/c1-3-16(17(22)20-12-9-10-14(18)15(19)11-12)21(25(2,23)24)13-7-5-4-6-8-13/h4-11,16H,3H2,1-2H3,(H,20,22)/t16-/m1/s1. The van der Waals surface area contributed by atoms with Crippen LogP contribution in [0.2, 0.25) is 5.02 Å². The van der Waals surface area contributed by atoms with Gasteiger partial charge >= 0.3 is 0 Å². The van der Waals surface area contributed by atoms with Gasteiger partial charge in [-0.25, -0.2) is 8.42 Å². The molecule has 0 spiro atoms. The molecule has 0 aliphatic rings. The van der Waals surface area contributed by atoms with E-state index in [0.717, 1.165) is 10.6 Å². The summed E-state index contributed by atoms with van der Waals surface area (Å²) in [6, 6.07) is 12.7. The third kappa shape index (κ3) is 4.96. The van der Waals surface area contributed by atoms with Crippen LogP contribution < -0.4 is 9.62 Å². The molecule has 134 valence electrons. The average molecular weight is 446 g/mol. The first-order valence-electron chi connectivity index (χ1n) is 7.54. The lowest BCUT2D eigenvalue weighted by atomic mass is 10.2. The van der Waals surface area contributed by atoms with E-state index in [4.69, 9.17) is 11.6 Å².